The number of benzene rings is 2. The minimum atomic E-state index is -0.776. The molecule has 1 atom stereocenters. The van der Waals surface area contributed by atoms with Crippen LogP contribution in [0, 0.1) is 0 Å². The van der Waals surface area contributed by atoms with Gasteiger partial charge in [0.15, 0.2) is 6.10 Å². The summed E-state index contributed by atoms with van der Waals surface area (Å²) in [5.41, 5.74) is 0.759. The van der Waals surface area contributed by atoms with Gasteiger partial charge in [0.25, 0.3) is 5.91 Å². The molecule has 0 saturated heterocycles. The van der Waals surface area contributed by atoms with Gasteiger partial charge in [-0.25, -0.2) is 0 Å². The van der Waals surface area contributed by atoms with Crippen molar-refractivity contribution in [2.75, 3.05) is 0 Å². The molecule has 1 heterocycles. The zero-order valence-electron chi connectivity index (χ0n) is 14.1. The SMILES string of the molecule is CC(Oc1ccc(Cl)cc1Cl)C(=O)NCc1nc(-c2ccc(Cl)cc2)no1. The van der Waals surface area contributed by atoms with E-state index in [1.165, 1.54) is 0 Å². The summed E-state index contributed by atoms with van der Waals surface area (Å²) in [6.07, 6.45) is -0.776. The van der Waals surface area contributed by atoms with Crippen molar-refractivity contribution in [3.63, 3.8) is 0 Å². The summed E-state index contributed by atoms with van der Waals surface area (Å²) in [4.78, 5) is 16.4. The van der Waals surface area contributed by atoms with Gasteiger partial charge < -0.3 is 14.6 Å². The normalized spacial score (nSPS) is 11.9. The van der Waals surface area contributed by atoms with Gasteiger partial charge in [0.2, 0.25) is 11.7 Å². The standard InChI is InChI=1S/C18H14Cl3N3O3/c1-10(26-15-7-6-13(20)8-14(15)21)18(25)22-9-16-23-17(24-27-16)11-2-4-12(19)5-3-11/h2-8,10H,9H2,1H3,(H,22,25). The molecule has 0 aliphatic carbocycles. The van der Waals surface area contributed by atoms with E-state index < -0.39 is 6.10 Å². The number of hydrogen-bond acceptors (Lipinski definition) is 5. The summed E-state index contributed by atoms with van der Waals surface area (Å²) >= 11 is 17.7. The number of nitrogens with zero attached hydrogens (tertiary/aromatic N) is 2. The Balaban J connectivity index is 1.56. The highest BCUT2D eigenvalue weighted by Crippen LogP contribution is 2.28. The number of halogens is 3. The highest BCUT2D eigenvalue weighted by molar-refractivity contribution is 6.35. The van der Waals surface area contributed by atoms with Crippen LogP contribution in [-0.2, 0) is 11.3 Å². The third-order valence-electron chi connectivity index (χ3n) is 3.55. The van der Waals surface area contributed by atoms with Crippen LogP contribution in [0.3, 0.4) is 0 Å². The first-order valence-corrected chi connectivity index (χ1v) is 9.03. The molecule has 1 N–H and O–H groups in total. The van der Waals surface area contributed by atoms with Crippen LogP contribution in [0.1, 0.15) is 12.8 Å². The lowest BCUT2D eigenvalue weighted by Crippen LogP contribution is -2.36. The maximum atomic E-state index is 12.2. The monoisotopic (exact) mass is 425 g/mol. The minimum absolute atomic E-state index is 0.0709. The Bertz CT molecular complexity index is 945. The van der Waals surface area contributed by atoms with E-state index in [9.17, 15) is 4.79 Å². The molecule has 140 valence electrons. The topological polar surface area (TPSA) is 77.2 Å². The van der Waals surface area contributed by atoms with Gasteiger partial charge in [-0.2, -0.15) is 4.98 Å². The Kier molecular flexibility index (Phi) is 6.21. The van der Waals surface area contributed by atoms with Crippen molar-refractivity contribution in [2.24, 2.45) is 0 Å². The van der Waals surface area contributed by atoms with Gasteiger partial charge in [0.05, 0.1) is 11.6 Å². The molecule has 0 fully saturated rings. The molecule has 1 unspecified atom stereocenters. The molecule has 0 bridgehead atoms. The first kappa shape index (κ1) is 19.5. The second kappa shape index (κ2) is 8.61. The molecule has 0 aliphatic heterocycles. The number of aromatic nitrogens is 2. The molecule has 2 aromatic carbocycles. The zero-order chi connectivity index (χ0) is 19.4. The minimum Gasteiger partial charge on any atom is -0.479 e. The number of carbonyl (C=O) groups excluding carboxylic acids is 1. The summed E-state index contributed by atoms with van der Waals surface area (Å²) < 4.78 is 10.7. The molecular formula is C18H14Cl3N3O3. The maximum absolute atomic E-state index is 12.2. The van der Waals surface area contributed by atoms with Crippen molar-refractivity contribution in [2.45, 2.75) is 19.6 Å². The lowest BCUT2D eigenvalue weighted by atomic mass is 10.2. The van der Waals surface area contributed by atoms with Crippen molar-refractivity contribution >= 4 is 40.7 Å². The largest absolute Gasteiger partial charge is 0.479 e. The van der Waals surface area contributed by atoms with E-state index in [1.807, 2.05) is 0 Å². The number of nitrogens with one attached hydrogen (secondary N) is 1. The van der Waals surface area contributed by atoms with Crippen molar-refractivity contribution in [1.82, 2.24) is 15.5 Å². The zero-order valence-corrected chi connectivity index (χ0v) is 16.3. The Morgan fingerprint density at radius 3 is 2.56 bits per heavy atom. The van der Waals surface area contributed by atoms with Gasteiger partial charge in [-0.1, -0.05) is 40.0 Å². The molecule has 0 spiro atoms. The van der Waals surface area contributed by atoms with Crippen LogP contribution in [0.5, 0.6) is 5.75 Å². The van der Waals surface area contributed by atoms with E-state index >= 15 is 0 Å². The van der Waals surface area contributed by atoms with Crippen molar-refractivity contribution in [3.05, 3.63) is 63.4 Å². The van der Waals surface area contributed by atoms with Gasteiger partial charge >= 0.3 is 0 Å². The molecule has 3 rings (SSSR count). The smallest absolute Gasteiger partial charge is 0.261 e. The Morgan fingerprint density at radius 1 is 1.15 bits per heavy atom. The molecular weight excluding hydrogens is 413 g/mol. The molecule has 27 heavy (non-hydrogen) atoms. The summed E-state index contributed by atoms with van der Waals surface area (Å²) in [5, 5.41) is 7.98. The third kappa shape index (κ3) is 5.13. The van der Waals surface area contributed by atoms with Crippen LogP contribution in [0.15, 0.2) is 47.0 Å². The lowest BCUT2D eigenvalue weighted by molar-refractivity contribution is -0.127. The number of hydrogen-bond donors (Lipinski definition) is 1. The van der Waals surface area contributed by atoms with Crippen LogP contribution in [0.4, 0.5) is 0 Å². The van der Waals surface area contributed by atoms with Gasteiger partial charge in [-0.15, -0.1) is 0 Å². The van der Waals surface area contributed by atoms with E-state index in [2.05, 4.69) is 15.5 Å². The predicted molar refractivity (Wildman–Crippen MR) is 103 cm³/mol. The van der Waals surface area contributed by atoms with Crippen molar-refractivity contribution < 1.29 is 14.1 Å². The van der Waals surface area contributed by atoms with Crippen LogP contribution < -0.4 is 10.1 Å². The van der Waals surface area contributed by atoms with E-state index in [1.54, 1.807) is 49.4 Å². The summed E-state index contributed by atoms with van der Waals surface area (Å²) in [7, 11) is 0. The quantitative estimate of drug-likeness (QED) is 0.614. The molecule has 0 saturated carbocycles. The fourth-order valence-corrected chi connectivity index (χ4v) is 2.74. The van der Waals surface area contributed by atoms with Crippen LogP contribution in [0.25, 0.3) is 11.4 Å². The molecule has 3 aromatic rings. The van der Waals surface area contributed by atoms with E-state index in [0.29, 0.717) is 26.6 Å². The lowest BCUT2D eigenvalue weighted by Gasteiger charge is -2.15. The van der Waals surface area contributed by atoms with Gasteiger partial charge in [0, 0.05) is 15.6 Å². The third-order valence-corrected chi connectivity index (χ3v) is 4.33. The maximum Gasteiger partial charge on any atom is 0.261 e. The second-order valence-electron chi connectivity index (χ2n) is 5.57. The predicted octanol–water partition coefficient (Wildman–Crippen LogP) is 4.78. The fraction of sp³-hybridized carbons (Fsp3) is 0.167. The van der Waals surface area contributed by atoms with E-state index in [-0.39, 0.29) is 18.3 Å². The van der Waals surface area contributed by atoms with E-state index in [4.69, 9.17) is 44.1 Å². The number of amides is 1. The Hall–Kier alpha value is -2.28. The van der Waals surface area contributed by atoms with Gasteiger partial charge in [-0.05, 0) is 49.4 Å². The summed E-state index contributed by atoms with van der Waals surface area (Å²) in [6, 6.07) is 11.8. The highest BCUT2D eigenvalue weighted by Gasteiger charge is 2.17. The fourth-order valence-electron chi connectivity index (χ4n) is 2.16. The van der Waals surface area contributed by atoms with Crippen LogP contribution >= 0.6 is 34.8 Å². The van der Waals surface area contributed by atoms with Crippen molar-refractivity contribution in [1.29, 1.82) is 0 Å². The average molecular weight is 427 g/mol. The summed E-state index contributed by atoms with van der Waals surface area (Å²) in [5.74, 6) is 0.692. The molecule has 0 radical (unpaired) electrons. The van der Waals surface area contributed by atoms with Crippen molar-refractivity contribution in [3.8, 4) is 17.1 Å². The molecule has 1 amide bonds. The molecule has 0 aliphatic rings. The highest BCUT2D eigenvalue weighted by atomic mass is 35.5. The van der Waals surface area contributed by atoms with E-state index in [0.717, 1.165) is 5.56 Å². The number of carbonyl (C=O) groups is 1. The number of ether oxygens (including phenoxy) is 1. The molecule has 1 aromatic heterocycles. The molecule has 9 heteroatoms. The first-order valence-electron chi connectivity index (χ1n) is 7.90. The Morgan fingerprint density at radius 2 is 1.85 bits per heavy atom. The number of rotatable bonds is 6. The van der Waals surface area contributed by atoms with Crippen LogP contribution in [-0.4, -0.2) is 22.2 Å². The average Bonchev–Trinajstić information content (AvgIpc) is 3.11. The second-order valence-corrected chi connectivity index (χ2v) is 6.85. The van der Waals surface area contributed by atoms with Crippen LogP contribution in [0.2, 0.25) is 15.1 Å². The molecule has 6 nitrogen and oxygen atoms in total. The van der Waals surface area contributed by atoms with Gasteiger partial charge in [-0.3, -0.25) is 4.79 Å². The Labute approximate surface area is 170 Å². The first-order chi connectivity index (χ1) is 12.9. The summed E-state index contributed by atoms with van der Waals surface area (Å²) in [6.45, 7) is 1.68. The van der Waals surface area contributed by atoms with Gasteiger partial charge in [0.1, 0.15) is 5.75 Å².